The molecule has 0 saturated carbocycles. The second kappa shape index (κ2) is 6.04. The summed E-state index contributed by atoms with van der Waals surface area (Å²) in [5.74, 6) is -1.20. The Balaban J connectivity index is 1.82. The van der Waals surface area contributed by atoms with Gasteiger partial charge in [0.25, 0.3) is 11.7 Å². The molecular weight excluding hydrogens is 290 g/mol. The maximum Gasteiger partial charge on any atom is 0.294 e. The monoisotopic (exact) mass is 307 g/mol. The number of benzene rings is 1. The smallest absolute Gasteiger partial charge is 0.294 e. The molecular formula is C18H17N3O2. The number of aryl methyl sites for hydroxylation is 2. The van der Waals surface area contributed by atoms with Gasteiger partial charge in [-0.15, -0.1) is 0 Å². The third kappa shape index (κ3) is 2.99. The van der Waals surface area contributed by atoms with Crippen LogP contribution in [-0.4, -0.2) is 21.1 Å². The molecule has 2 heterocycles. The molecule has 0 unspecified atom stereocenters. The van der Waals surface area contributed by atoms with E-state index in [0.29, 0.717) is 23.6 Å². The molecule has 2 aromatic heterocycles. The SMILES string of the molecule is Cc1ccn2c(C(=O)C(=O)NCc3ccccc3)c(C)nc2c1. The maximum absolute atomic E-state index is 12.5. The Morgan fingerprint density at radius 3 is 2.61 bits per heavy atom. The van der Waals surface area contributed by atoms with E-state index in [1.54, 1.807) is 17.5 Å². The quantitative estimate of drug-likeness (QED) is 0.595. The second-order valence-electron chi connectivity index (χ2n) is 5.48. The van der Waals surface area contributed by atoms with Crippen molar-refractivity contribution in [2.24, 2.45) is 0 Å². The zero-order valence-corrected chi connectivity index (χ0v) is 13.0. The molecule has 0 aliphatic carbocycles. The van der Waals surface area contributed by atoms with Gasteiger partial charge < -0.3 is 5.32 Å². The van der Waals surface area contributed by atoms with E-state index in [9.17, 15) is 9.59 Å². The van der Waals surface area contributed by atoms with Crippen LogP contribution in [0.15, 0.2) is 48.7 Å². The Hall–Kier alpha value is -2.95. The lowest BCUT2D eigenvalue weighted by Gasteiger charge is -2.05. The van der Waals surface area contributed by atoms with Crippen LogP contribution in [-0.2, 0) is 11.3 Å². The second-order valence-corrected chi connectivity index (χ2v) is 5.48. The van der Waals surface area contributed by atoms with Crippen LogP contribution < -0.4 is 5.32 Å². The molecule has 3 aromatic rings. The number of imidazole rings is 1. The first-order chi connectivity index (χ1) is 11.1. The Morgan fingerprint density at radius 2 is 1.87 bits per heavy atom. The van der Waals surface area contributed by atoms with Crippen molar-refractivity contribution in [3.8, 4) is 0 Å². The number of fused-ring (bicyclic) bond motifs is 1. The molecule has 0 aliphatic rings. The number of carbonyl (C=O) groups is 2. The van der Waals surface area contributed by atoms with Gasteiger partial charge in [-0.1, -0.05) is 30.3 Å². The van der Waals surface area contributed by atoms with Crippen LogP contribution in [0, 0.1) is 13.8 Å². The normalized spacial score (nSPS) is 10.7. The lowest BCUT2D eigenvalue weighted by molar-refractivity contribution is -0.117. The number of rotatable bonds is 4. The van der Waals surface area contributed by atoms with Crippen LogP contribution in [0.5, 0.6) is 0 Å². The van der Waals surface area contributed by atoms with Crippen LogP contribution in [0.3, 0.4) is 0 Å². The maximum atomic E-state index is 12.5. The third-order valence-corrected chi connectivity index (χ3v) is 3.67. The van der Waals surface area contributed by atoms with Crippen molar-refractivity contribution < 1.29 is 9.59 Å². The first-order valence-electron chi connectivity index (χ1n) is 7.38. The van der Waals surface area contributed by atoms with Crippen molar-refractivity contribution in [3.05, 3.63) is 71.2 Å². The summed E-state index contributed by atoms with van der Waals surface area (Å²) in [6, 6.07) is 13.2. The van der Waals surface area contributed by atoms with Crippen LogP contribution in [0.2, 0.25) is 0 Å². The molecule has 0 radical (unpaired) electrons. The van der Waals surface area contributed by atoms with Crippen LogP contribution in [0.25, 0.3) is 5.65 Å². The van der Waals surface area contributed by atoms with Crippen molar-refractivity contribution in [1.29, 1.82) is 0 Å². The fourth-order valence-electron chi connectivity index (χ4n) is 2.50. The van der Waals surface area contributed by atoms with Crippen molar-refractivity contribution in [3.63, 3.8) is 0 Å². The topological polar surface area (TPSA) is 63.5 Å². The van der Waals surface area contributed by atoms with Gasteiger partial charge in [-0.3, -0.25) is 14.0 Å². The Labute approximate surface area is 134 Å². The number of nitrogens with zero attached hydrogens (tertiary/aromatic N) is 2. The highest BCUT2D eigenvalue weighted by molar-refractivity contribution is 6.42. The summed E-state index contributed by atoms with van der Waals surface area (Å²) in [5, 5.41) is 2.66. The predicted octanol–water partition coefficient (Wildman–Crippen LogP) is 2.45. The molecule has 0 spiro atoms. The number of nitrogens with one attached hydrogen (secondary N) is 1. The van der Waals surface area contributed by atoms with E-state index < -0.39 is 11.7 Å². The number of Topliss-reactive ketones (excluding diaryl/α,β-unsaturated/α-hetero) is 1. The number of carbonyl (C=O) groups excluding carboxylic acids is 2. The lowest BCUT2D eigenvalue weighted by Crippen LogP contribution is -2.31. The van der Waals surface area contributed by atoms with E-state index in [1.165, 1.54) is 0 Å². The van der Waals surface area contributed by atoms with E-state index in [1.807, 2.05) is 49.4 Å². The molecule has 1 amide bonds. The van der Waals surface area contributed by atoms with Crippen LogP contribution in [0.4, 0.5) is 0 Å². The zero-order valence-electron chi connectivity index (χ0n) is 13.0. The average molecular weight is 307 g/mol. The highest BCUT2D eigenvalue weighted by Gasteiger charge is 2.23. The molecule has 0 atom stereocenters. The highest BCUT2D eigenvalue weighted by atomic mass is 16.2. The summed E-state index contributed by atoms with van der Waals surface area (Å²) >= 11 is 0. The van der Waals surface area contributed by atoms with E-state index in [2.05, 4.69) is 10.3 Å². The fourth-order valence-corrected chi connectivity index (χ4v) is 2.50. The van der Waals surface area contributed by atoms with Crippen molar-refractivity contribution in [2.75, 3.05) is 0 Å². The molecule has 0 aliphatic heterocycles. The van der Waals surface area contributed by atoms with Gasteiger partial charge in [-0.05, 0) is 37.1 Å². The minimum Gasteiger partial charge on any atom is -0.345 e. The molecule has 5 nitrogen and oxygen atoms in total. The average Bonchev–Trinajstić information content (AvgIpc) is 2.87. The first kappa shape index (κ1) is 15.0. The minimum absolute atomic E-state index is 0.311. The van der Waals surface area contributed by atoms with Gasteiger partial charge >= 0.3 is 0 Å². The molecule has 116 valence electrons. The summed E-state index contributed by atoms with van der Waals surface area (Å²) in [5.41, 5.74) is 3.52. The van der Waals surface area contributed by atoms with Crippen LogP contribution in [0.1, 0.15) is 27.3 Å². The Bertz CT molecular complexity index is 882. The minimum atomic E-state index is -0.626. The highest BCUT2D eigenvalue weighted by Crippen LogP contribution is 2.14. The number of amides is 1. The number of pyridine rings is 1. The summed E-state index contributed by atoms with van der Waals surface area (Å²) in [6.07, 6.45) is 1.77. The van der Waals surface area contributed by atoms with Crippen molar-refractivity contribution in [1.82, 2.24) is 14.7 Å². The zero-order chi connectivity index (χ0) is 16.4. The lowest BCUT2D eigenvalue weighted by atomic mass is 10.2. The molecule has 0 bridgehead atoms. The Morgan fingerprint density at radius 1 is 1.13 bits per heavy atom. The van der Waals surface area contributed by atoms with Gasteiger partial charge in [-0.25, -0.2) is 4.98 Å². The van der Waals surface area contributed by atoms with E-state index in [-0.39, 0.29) is 0 Å². The molecule has 1 N–H and O–H groups in total. The van der Waals surface area contributed by atoms with Crippen molar-refractivity contribution in [2.45, 2.75) is 20.4 Å². The van der Waals surface area contributed by atoms with Gasteiger partial charge in [0.15, 0.2) is 0 Å². The predicted molar refractivity (Wildman–Crippen MR) is 87.3 cm³/mol. The van der Waals surface area contributed by atoms with E-state index in [4.69, 9.17) is 0 Å². The van der Waals surface area contributed by atoms with Crippen molar-refractivity contribution >= 4 is 17.3 Å². The molecule has 1 aromatic carbocycles. The molecule has 3 rings (SSSR count). The standard InChI is InChI=1S/C18H17N3O2/c1-12-8-9-21-15(10-12)20-13(2)16(21)17(22)18(23)19-11-14-6-4-3-5-7-14/h3-10H,11H2,1-2H3,(H,19,23). The molecule has 0 saturated heterocycles. The van der Waals surface area contributed by atoms with E-state index in [0.717, 1.165) is 11.1 Å². The number of hydrogen-bond donors (Lipinski definition) is 1. The summed E-state index contributed by atoms with van der Waals surface area (Å²) < 4.78 is 1.66. The summed E-state index contributed by atoms with van der Waals surface area (Å²) in [6.45, 7) is 4.01. The molecule has 5 heteroatoms. The van der Waals surface area contributed by atoms with Gasteiger partial charge in [0, 0.05) is 12.7 Å². The van der Waals surface area contributed by atoms with E-state index >= 15 is 0 Å². The number of hydrogen-bond acceptors (Lipinski definition) is 3. The van der Waals surface area contributed by atoms with Crippen LogP contribution >= 0.6 is 0 Å². The third-order valence-electron chi connectivity index (χ3n) is 3.67. The van der Waals surface area contributed by atoms with Gasteiger partial charge in [0.05, 0.1) is 5.69 Å². The summed E-state index contributed by atoms with van der Waals surface area (Å²) in [7, 11) is 0. The number of ketones is 1. The summed E-state index contributed by atoms with van der Waals surface area (Å²) in [4.78, 5) is 29.0. The van der Waals surface area contributed by atoms with Gasteiger partial charge in [-0.2, -0.15) is 0 Å². The number of aromatic nitrogens is 2. The first-order valence-corrected chi connectivity index (χ1v) is 7.38. The molecule has 23 heavy (non-hydrogen) atoms. The van der Waals surface area contributed by atoms with Gasteiger partial charge in [0.1, 0.15) is 11.3 Å². The fraction of sp³-hybridized carbons (Fsp3) is 0.167. The largest absolute Gasteiger partial charge is 0.345 e. The Kier molecular flexibility index (Phi) is 3.93. The molecule has 0 fully saturated rings. The van der Waals surface area contributed by atoms with Gasteiger partial charge in [0.2, 0.25) is 0 Å².